The van der Waals surface area contributed by atoms with E-state index in [9.17, 15) is 0 Å². The summed E-state index contributed by atoms with van der Waals surface area (Å²) in [6.45, 7) is 0. The molecule has 2 bridgehead atoms. The zero-order valence-corrected chi connectivity index (χ0v) is 18.6. The second kappa shape index (κ2) is 6.52. The minimum atomic E-state index is -0.746. The Morgan fingerprint density at radius 3 is 1.69 bits per heavy atom. The molecule has 8 rings (SSSR count). The molecule has 3 aliphatic carbocycles. The molecule has 0 nitrogen and oxygen atoms in total. The topological polar surface area (TPSA) is 0 Å². The zero-order chi connectivity index (χ0) is 21.3. The molecule has 1 spiro atoms. The standard InChI is InChI=1S/C31H22P/c1-32-28(21-12-4-2-5-13-21)20-27-29(22-14-6-3-7-15-22)30-23-16-8-10-18-25(23)31(27,32)26-19-11-9-17-24(26)30/h2-20,30H,1H2/q+1. The lowest BCUT2D eigenvalue weighted by Crippen LogP contribution is -2.37. The lowest BCUT2D eigenvalue weighted by Gasteiger charge is -2.45. The second-order valence-corrected chi connectivity index (χ2v) is 10.8. The predicted molar refractivity (Wildman–Crippen MR) is 137 cm³/mol. The van der Waals surface area contributed by atoms with Crippen LogP contribution in [0.3, 0.4) is 0 Å². The van der Waals surface area contributed by atoms with Crippen molar-refractivity contribution in [2.24, 2.45) is 0 Å². The molecule has 1 aliphatic heterocycles. The molecule has 0 amide bonds. The average molecular weight is 425 g/mol. The maximum absolute atomic E-state index is 4.94. The molecule has 0 radical (unpaired) electrons. The number of rotatable bonds is 2. The second-order valence-electron chi connectivity index (χ2n) is 8.83. The molecule has 1 unspecified atom stereocenters. The van der Waals surface area contributed by atoms with E-state index in [0.717, 1.165) is 0 Å². The van der Waals surface area contributed by atoms with E-state index in [1.54, 1.807) is 0 Å². The van der Waals surface area contributed by atoms with E-state index in [1.807, 2.05) is 0 Å². The van der Waals surface area contributed by atoms with Crippen molar-refractivity contribution in [1.29, 1.82) is 0 Å². The summed E-state index contributed by atoms with van der Waals surface area (Å²) in [7, 11) is -0.746. The summed E-state index contributed by atoms with van der Waals surface area (Å²) in [5, 5.41) is 1.21. The van der Waals surface area contributed by atoms with Gasteiger partial charge in [0.1, 0.15) is 7.55 Å². The van der Waals surface area contributed by atoms with Gasteiger partial charge < -0.3 is 0 Å². The van der Waals surface area contributed by atoms with Gasteiger partial charge in [-0.05, 0) is 28.3 Å². The van der Waals surface area contributed by atoms with E-state index in [-0.39, 0.29) is 11.1 Å². The number of hydrogen-bond acceptors (Lipinski definition) is 0. The minimum Gasteiger partial charge on any atom is -0.0622 e. The first-order valence-corrected chi connectivity index (χ1v) is 12.7. The molecule has 1 heterocycles. The van der Waals surface area contributed by atoms with Gasteiger partial charge in [0.05, 0.1) is 6.30 Å². The van der Waals surface area contributed by atoms with Gasteiger partial charge in [-0.15, -0.1) is 0 Å². The lowest BCUT2D eigenvalue weighted by molar-refractivity contribution is 0.755. The summed E-state index contributed by atoms with van der Waals surface area (Å²) >= 11 is 0. The van der Waals surface area contributed by atoms with Crippen molar-refractivity contribution in [3.8, 4) is 0 Å². The van der Waals surface area contributed by atoms with Crippen molar-refractivity contribution < 1.29 is 0 Å². The van der Waals surface area contributed by atoms with Crippen LogP contribution in [-0.4, -0.2) is 6.30 Å². The quantitative estimate of drug-likeness (QED) is 0.287. The summed E-state index contributed by atoms with van der Waals surface area (Å²) < 4.78 is 0. The Hall–Kier alpha value is -3.47. The summed E-state index contributed by atoms with van der Waals surface area (Å²) in [6.07, 6.45) is 7.43. The molecule has 1 heteroatoms. The highest BCUT2D eigenvalue weighted by molar-refractivity contribution is 7.68. The first-order valence-electron chi connectivity index (χ1n) is 11.2. The fourth-order valence-corrected chi connectivity index (χ4v) is 8.79. The Balaban J connectivity index is 1.65. The number of hydrogen-bond donors (Lipinski definition) is 0. The summed E-state index contributed by atoms with van der Waals surface area (Å²) in [5.74, 6) is 0.261. The van der Waals surface area contributed by atoms with Crippen LogP contribution in [0.1, 0.15) is 39.3 Å². The minimum absolute atomic E-state index is 0.187. The number of allylic oxidation sites excluding steroid dienone is 3. The smallest absolute Gasteiger partial charge is 0.0622 e. The molecule has 32 heavy (non-hydrogen) atoms. The summed E-state index contributed by atoms with van der Waals surface area (Å²) in [4.78, 5) is 0. The van der Waals surface area contributed by atoms with E-state index in [4.69, 9.17) is 6.30 Å². The van der Waals surface area contributed by atoms with Crippen LogP contribution in [0.15, 0.2) is 121 Å². The SMILES string of the molecule is C=[P+]1C(c2ccccc2)=CC2=C(c3ccccc3)C3c4ccccc4C21c1ccccc13. The maximum atomic E-state index is 4.94. The molecule has 0 saturated heterocycles. The molecule has 1 atom stereocenters. The Kier molecular flexibility index (Phi) is 3.69. The normalized spacial score (nSPS) is 23.4. The molecule has 4 aromatic carbocycles. The molecular formula is C31H22P+. The molecule has 0 saturated carbocycles. The largest absolute Gasteiger partial charge is 0.207 e. The molecule has 0 aromatic heterocycles. The maximum Gasteiger partial charge on any atom is 0.207 e. The van der Waals surface area contributed by atoms with Gasteiger partial charge in [0, 0.05) is 28.2 Å². The van der Waals surface area contributed by atoms with Crippen LogP contribution in [-0.2, 0) is 5.16 Å². The van der Waals surface area contributed by atoms with Gasteiger partial charge in [0.2, 0.25) is 5.16 Å². The Labute approximate surface area is 190 Å². The van der Waals surface area contributed by atoms with E-state index < -0.39 is 7.55 Å². The Bertz CT molecular complexity index is 1420. The monoisotopic (exact) mass is 425 g/mol. The molecule has 0 N–H and O–H groups in total. The number of benzene rings is 4. The van der Waals surface area contributed by atoms with Crippen LogP contribution in [0.4, 0.5) is 0 Å². The van der Waals surface area contributed by atoms with Crippen molar-refractivity contribution in [2.45, 2.75) is 11.1 Å². The molecule has 150 valence electrons. The average Bonchev–Trinajstić information content (AvgIpc) is 3.19. The molecule has 4 aliphatic rings. The van der Waals surface area contributed by atoms with Crippen LogP contribution < -0.4 is 0 Å². The predicted octanol–water partition coefficient (Wildman–Crippen LogP) is 7.81. The zero-order valence-electron chi connectivity index (χ0n) is 17.7. The Morgan fingerprint density at radius 2 is 1.09 bits per heavy atom. The van der Waals surface area contributed by atoms with Gasteiger partial charge in [-0.25, -0.2) is 0 Å². The van der Waals surface area contributed by atoms with Crippen LogP contribution in [0.2, 0.25) is 0 Å². The first-order chi connectivity index (χ1) is 15.8. The fourth-order valence-electron chi connectivity index (χ4n) is 6.22. The van der Waals surface area contributed by atoms with Crippen molar-refractivity contribution in [3.05, 3.63) is 154 Å². The van der Waals surface area contributed by atoms with Crippen molar-refractivity contribution in [3.63, 3.8) is 0 Å². The van der Waals surface area contributed by atoms with Crippen LogP contribution in [0.5, 0.6) is 0 Å². The van der Waals surface area contributed by atoms with Gasteiger partial charge >= 0.3 is 0 Å². The summed E-state index contributed by atoms with van der Waals surface area (Å²) in [5.41, 5.74) is 11.4. The molecule has 4 aromatic rings. The van der Waals surface area contributed by atoms with Crippen LogP contribution >= 0.6 is 7.55 Å². The lowest BCUT2D eigenvalue weighted by atomic mass is 9.59. The van der Waals surface area contributed by atoms with E-state index in [2.05, 4.69) is 115 Å². The van der Waals surface area contributed by atoms with Gasteiger partial charge in [-0.1, -0.05) is 109 Å². The summed E-state index contributed by atoms with van der Waals surface area (Å²) in [6, 6.07) is 40.1. The van der Waals surface area contributed by atoms with Crippen molar-refractivity contribution in [1.82, 2.24) is 0 Å². The third kappa shape index (κ3) is 2.11. The highest BCUT2D eigenvalue weighted by atomic mass is 31.1. The van der Waals surface area contributed by atoms with Crippen molar-refractivity contribution >= 4 is 24.7 Å². The fraction of sp³-hybridized carbons (Fsp3) is 0.0645. The third-order valence-corrected chi connectivity index (χ3v) is 9.92. The molecule has 0 fully saturated rings. The van der Waals surface area contributed by atoms with Crippen molar-refractivity contribution in [2.75, 3.05) is 0 Å². The van der Waals surface area contributed by atoms with Gasteiger partial charge in [-0.3, -0.25) is 0 Å². The van der Waals surface area contributed by atoms with Crippen LogP contribution in [0, 0.1) is 0 Å². The first kappa shape index (κ1) is 18.1. The van der Waals surface area contributed by atoms with Crippen LogP contribution in [0.25, 0.3) is 10.9 Å². The highest BCUT2D eigenvalue weighted by Gasteiger charge is 2.64. The Morgan fingerprint density at radius 1 is 0.594 bits per heavy atom. The van der Waals surface area contributed by atoms with Gasteiger partial charge in [0.25, 0.3) is 0 Å². The highest BCUT2D eigenvalue weighted by Crippen LogP contribution is 2.76. The van der Waals surface area contributed by atoms with Gasteiger partial charge in [0.15, 0.2) is 5.31 Å². The van der Waals surface area contributed by atoms with E-state index in [1.165, 1.54) is 49.8 Å². The van der Waals surface area contributed by atoms with E-state index >= 15 is 0 Å². The third-order valence-electron chi connectivity index (χ3n) is 7.42. The molecular weight excluding hydrogens is 403 g/mol. The van der Waals surface area contributed by atoms with Gasteiger partial charge in [-0.2, -0.15) is 0 Å². The van der Waals surface area contributed by atoms with E-state index in [0.29, 0.717) is 0 Å².